The summed E-state index contributed by atoms with van der Waals surface area (Å²) in [5.74, 6) is 1.55. The van der Waals surface area contributed by atoms with Gasteiger partial charge in [-0.05, 0) is 47.0 Å². The summed E-state index contributed by atoms with van der Waals surface area (Å²) in [6, 6.07) is 7.66. The second-order valence-corrected chi connectivity index (χ2v) is 6.83. The molecule has 1 aromatic heterocycles. The van der Waals surface area contributed by atoms with Crippen LogP contribution in [-0.4, -0.2) is 36.1 Å². The van der Waals surface area contributed by atoms with Gasteiger partial charge in [0, 0.05) is 35.9 Å². The molecule has 2 heterocycles. The molecule has 0 spiro atoms. The van der Waals surface area contributed by atoms with Crippen molar-refractivity contribution in [2.45, 2.75) is 18.9 Å². The summed E-state index contributed by atoms with van der Waals surface area (Å²) in [6.07, 6.45) is 3.81. The van der Waals surface area contributed by atoms with Crippen molar-refractivity contribution in [1.29, 1.82) is 0 Å². The minimum Gasteiger partial charge on any atom is -0.497 e. The minimum atomic E-state index is 0.0204. The number of rotatable bonds is 4. The van der Waals surface area contributed by atoms with Crippen molar-refractivity contribution in [1.82, 2.24) is 9.47 Å². The SMILES string of the molecule is COc1ccc(C2CCCN2C(=O)c2cc(Br)cn2C)c(OC)c1. The zero-order valence-corrected chi connectivity index (χ0v) is 15.7. The number of amides is 1. The van der Waals surface area contributed by atoms with Crippen molar-refractivity contribution in [2.75, 3.05) is 20.8 Å². The summed E-state index contributed by atoms with van der Waals surface area (Å²) < 4.78 is 13.6. The van der Waals surface area contributed by atoms with Gasteiger partial charge in [-0.25, -0.2) is 0 Å². The standard InChI is InChI=1S/C18H21BrN2O3/c1-20-11-12(19)9-16(20)18(22)21-8-4-5-15(21)14-7-6-13(23-2)10-17(14)24-3/h6-7,9-11,15H,4-5,8H2,1-3H3. The quantitative estimate of drug-likeness (QED) is 0.794. The second-order valence-electron chi connectivity index (χ2n) is 5.92. The van der Waals surface area contributed by atoms with E-state index >= 15 is 0 Å². The van der Waals surface area contributed by atoms with Crippen molar-refractivity contribution in [3.8, 4) is 11.5 Å². The van der Waals surface area contributed by atoms with Crippen LogP contribution in [0.15, 0.2) is 34.9 Å². The molecule has 1 aliphatic rings. The number of hydrogen-bond acceptors (Lipinski definition) is 3. The molecule has 24 heavy (non-hydrogen) atoms. The fourth-order valence-corrected chi connectivity index (χ4v) is 3.83. The molecule has 2 aromatic rings. The lowest BCUT2D eigenvalue weighted by atomic mass is 10.0. The number of carbonyl (C=O) groups is 1. The Morgan fingerprint density at radius 2 is 2.04 bits per heavy atom. The van der Waals surface area contributed by atoms with Gasteiger partial charge in [0.15, 0.2) is 0 Å². The highest BCUT2D eigenvalue weighted by Gasteiger charge is 2.33. The highest BCUT2D eigenvalue weighted by Crippen LogP contribution is 2.39. The van der Waals surface area contributed by atoms with Crippen LogP contribution in [0.1, 0.15) is 34.9 Å². The number of nitrogens with zero attached hydrogens (tertiary/aromatic N) is 2. The Morgan fingerprint density at radius 1 is 1.25 bits per heavy atom. The number of aryl methyl sites for hydroxylation is 1. The van der Waals surface area contributed by atoms with Gasteiger partial charge in [0.1, 0.15) is 17.2 Å². The van der Waals surface area contributed by atoms with Crippen LogP contribution >= 0.6 is 15.9 Å². The Morgan fingerprint density at radius 3 is 2.67 bits per heavy atom. The third kappa shape index (κ3) is 3.02. The van der Waals surface area contributed by atoms with E-state index in [2.05, 4.69) is 15.9 Å². The molecular weight excluding hydrogens is 372 g/mol. The van der Waals surface area contributed by atoms with Crippen molar-refractivity contribution >= 4 is 21.8 Å². The molecule has 6 heteroatoms. The summed E-state index contributed by atoms with van der Waals surface area (Å²) in [5, 5.41) is 0. The van der Waals surface area contributed by atoms with Crippen LogP contribution in [0, 0.1) is 0 Å². The molecule has 0 bridgehead atoms. The van der Waals surface area contributed by atoms with E-state index in [0.29, 0.717) is 5.69 Å². The summed E-state index contributed by atoms with van der Waals surface area (Å²) >= 11 is 3.43. The summed E-state index contributed by atoms with van der Waals surface area (Å²) in [5.41, 5.74) is 1.71. The molecule has 3 rings (SSSR count). The monoisotopic (exact) mass is 392 g/mol. The van der Waals surface area contributed by atoms with Gasteiger partial charge < -0.3 is 18.9 Å². The predicted octanol–water partition coefficient (Wildman–Crippen LogP) is 3.78. The molecule has 1 fully saturated rings. The zero-order valence-electron chi connectivity index (χ0n) is 14.1. The Kier molecular flexibility index (Phi) is 4.85. The number of methoxy groups -OCH3 is 2. The maximum atomic E-state index is 13.0. The lowest BCUT2D eigenvalue weighted by Crippen LogP contribution is -2.32. The molecule has 1 aromatic carbocycles. The van der Waals surface area contributed by atoms with Crippen LogP contribution < -0.4 is 9.47 Å². The van der Waals surface area contributed by atoms with Gasteiger partial charge in [-0.3, -0.25) is 4.79 Å². The zero-order chi connectivity index (χ0) is 17.3. The number of ether oxygens (including phenoxy) is 2. The van der Waals surface area contributed by atoms with Gasteiger partial charge in [0.25, 0.3) is 5.91 Å². The minimum absolute atomic E-state index is 0.0204. The molecule has 1 amide bonds. The normalized spacial score (nSPS) is 17.2. The van der Waals surface area contributed by atoms with Crippen molar-refractivity contribution in [3.05, 3.63) is 46.2 Å². The molecule has 1 saturated heterocycles. The van der Waals surface area contributed by atoms with Crippen LogP contribution in [0.25, 0.3) is 0 Å². The third-order valence-corrected chi connectivity index (χ3v) is 4.94. The van der Waals surface area contributed by atoms with E-state index in [1.807, 2.05) is 47.0 Å². The molecule has 0 aliphatic carbocycles. The van der Waals surface area contributed by atoms with E-state index < -0.39 is 0 Å². The maximum absolute atomic E-state index is 13.0. The number of carbonyl (C=O) groups excluding carboxylic acids is 1. The first-order valence-corrected chi connectivity index (χ1v) is 8.69. The Balaban J connectivity index is 1.93. The van der Waals surface area contributed by atoms with Crippen molar-refractivity contribution < 1.29 is 14.3 Å². The van der Waals surface area contributed by atoms with E-state index in [9.17, 15) is 4.79 Å². The van der Waals surface area contributed by atoms with Crippen molar-refractivity contribution in [3.63, 3.8) is 0 Å². The van der Waals surface area contributed by atoms with Crippen LogP contribution in [0.5, 0.6) is 11.5 Å². The summed E-state index contributed by atoms with van der Waals surface area (Å²) in [6.45, 7) is 0.751. The van der Waals surface area contributed by atoms with Crippen molar-refractivity contribution in [2.24, 2.45) is 7.05 Å². The van der Waals surface area contributed by atoms with Gasteiger partial charge in [0.2, 0.25) is 0 Å². The molecule has 0 saturated carbocycles. The third-order valence-electron chi connectivity index (χ3n) is 4.50. The van der Waals surface area contributed by atoms with Crippen LogP contribution in [0.4, 0.5) is 0 Å². The molecule has 1 aliphatic heterocycles. The number of hydrogen-bond donors (Lipinski definition) is 0. The maximum Gasteiger partial charge on any atom is 0.271 e. The highest BCUT2D eigenvalue weighted by molar-refractivity contribution is 9.10. The Labute approximate surface area is 150 Å². The van der Waals surface area contributed by atoms with Gasteiger partial charge in [-0.15, -0.1) is 0 Å². The average Bonchev–Trinajstić information content (AvgIpc) is 3.19. The first kappa shape index (κ1) is 16.9. The van der Waals surface area contributed by atoms with E-state index in [1.54, 1.807) is 14.2 Å². The lowest BCUT2D eigenvalue weighted by Gasteiger charge is -2.26. The summed E-state index contributed by atoms with van der Waals surface area (Å²) in [7, 11) is 5.16. The first-order valence-electron chi connectivity index (χ1n) is 7.90. The van der Waals surface area contributed by atoms with Crippen LogP contribution in [-0.2, 0) is 7.05 Å². The molecule has 1 unspecified atom stereocenters. The highest BCUT2D eigenvalue weighted by atomic mass is 79.9. The fraction of sp³-hybridized carbons (Fsp3) is 0.389. The molecule has 0 N–H and O–H groups in total. The van der Waals surface area contributed by atoms with Gasteiger partial charge in [0.05, 0.1) is 20.3 Å². The van der Waals surface area contributed by atoms with E-state index in [1.165, 1.54) is 0 Å². The largest absolute Gasteiger partial charge is 0.497 e. The topological polar surface area (TPSA) is 43.7 Å². The average molecular weight is 393 g/mol. The van der Waals surface area contributed by atoms with Gasteiger partial charge in [-0.2, -0.15) is 0 Å². The molecule has 128 valence electrons. The molecular formula is C18H21BrN2O3. The molecule has 0 radical (unpaired) electrons. The first-order chi connectivity index (χ1) is 11.5. The Bertz CT molecular complexity index is 757. The number of halogens is 1. The van der Waals surface area contributed by atoms with E-state index in [-0.39, 0.29) is 11.9 Å². The van der Waals surface area contributed by atoms with E-state index in [0.717, 1.165) is 40.9 Å². The van der Waals surface area contributed by atoms with Crippen LogP contribution in [0.2, 0.25) is 0 Å². The van der Waals surface area contributed by atoms with Gasteiger partial charge >= 0.3 is 0 Å². The number of likely N-dealkylation sites (tertiary alicyclic amines) is 1. The number of aromatic nitrogens is 1. The molecule has 1 atom stereocenters. The molecule has 5 nitrogen and oxygen atoms in total. The fourth-order valence-electron chi connectivity index (χ4n) is 3.31. The van der Waals surface area contributed by atoms with E-state index in [4.69, 9.17) is 9.47 Å². The summed E-state index contributed by atoms with van der Waals surface area (Å²) in [4.78, 5) is 14.9. The number of benzene rings is 1. The Hall–Kier alpha value is -1.95. The smallest absolute Gasteiger partial charge is 0.271 e. The predicted molar refractivity (Wildman–Crippen MR) is 95.7 cm³/mol. The van der Waals surface area contributed by atoms with Gasteiger partial charge in [-0.1, -0.05) is 0 Å². The second kappa shape index (κ2) is 6.89. The lowest BCUT2D eigenvalue weighted by molar-refractivity contribution is 0.0724. The van der Waals surface area contributed by atoms with Crippen LogP contribution in [0.3, 0.4) is 0 Å².